The van der Waals surface area contributed by atoms with Crippen molar-refractivity contribution in [2.45, 2.75) is 52.4 Å². The van der Waals surface area contributed by atoms with Crippen molar-refractivity contribution < 1.29 is 27.8 Å². The lowest BCUT2D eigenvalue weighted by Gasteiger charge is -2.23. The number of thiophene rings is 1. The van der Waals surface area contributed by atoms with E-state index >= 15 is 0 Å². The van der Waals surface area contributed by atoms with Crippen LogP contribution in [0.5, 0.6) is 0 Å². The highest BCUT2D eigenvalue weighted by Gasteiger charge is 2.38. The summed E-state index contributed by atoms with van der Waals surface area (Å²) < 4.78 is 40.0. The number of hydrogen-bond acceptors (Lipinski definition) is 7. The van der Waals surface area contributed by atoms with E-state index in [1.807, 2.05) is 24.5 Å². The summed E-state index contributed by atoms with van der Waals surface area (Å²) in [5, 5.41) is 16.9. The van der Waals surface area contributed by atoms with Gasteiger partial charge in [0.1, 0.15) is 0 Å². The van der Waals surface area contributed by atoms with Crippen LogP contribution in [0, 0.1) is 13.8 Å². The zero-order chi connectivity index (χ0) is 23.3. The van der Waals surface area contributed by atoms with Crippen LogP contribution in [-0.2, 0) is 35.8 Å². The first-order valence-corrected chi connectivity index (χ1v) is 11.5. The predicted molar refractivity (Wildman–Crippen MR) is 115 cm³/mol. The molecule has 0 spiro atoms. The second-order valence-corrected chi connectivity index (χ2v) is 9.36. The van der Waals surface area contributed by atoms with Crippen molar-refractivity contribution in [2.24, 2.45) is 0 Å². The first-order valence-electron chi connectivity index (χ1n) is 9.70. The van der Waals surface area contributed by atoms with Gasteiger partial charge in [-0.05, 0) is 36.9 Å². The molecule has 1 aliphatic rings. The number of aryl methyl sites for hydroxylation is 2. The highest BCUT2D eigenvalue weighted by atomic mass is 32.1. The molecular weight excluding hydrogens is 465 g/mol. The molecular formula is C20H23F3N4O3S2. The van der Waals surface area contributed by atoms with Crippen molar-refractivity contribution in [3.8, 4) is 0 Å². The van der Waals surface area contributed by atoms with Gasteiger partial charge in [0.25, 0.3) is 0 Å². The summed E-state index contributed by atoms with van der Waals surface area (Å²) in [6.45, 7) is 8.36. The van der Waals surface area contributed by atoms with Crippen molar-refractivity contribution in [2.75, 3.05) is 6.54 Å². The SMILES string of the molecule is Cc1nc(COC2CN(Cc3sccc3C)Cc3ccnn3C2)cs1.O=C(O)C(F)(F)F. The Morgan fingerprint density at radius 3 is 2.62 bits per heavy atom. The third kappa shape index (κ3) is 6.86. The lowest BCUT2D eigenvalue weighted by molar-refractivity contribution is -0.192. The third-order valence-corrected chi connectivity index (χ3v) is 6.57. The molecule has 32 heavy (non-hydrogen) atoms. The number of ether oxygens (including phenoxy) is 1. The fraction of sp³-hybridized carbons (Fsp3) is 0.450. The van der Waals surface area contributed by atoms with Crippen LogP contribution in [0.4, 0.5) is 13.2 Å². The molecule has 1 N–H and O–H groups in total. The van der Waals surface area contributed by atoms with Crippen molar-refractivity contribution >= 4 is 28.6 Å². The van der Waals surface area contributed by atoms with E-state index in [9.17, 15) is 13.2 Å². The highest BCUT2D eigenvalue weighted by molar-refractivity contribution is 7.10. The number of nitrogens with zero attached hydrogens (tertiary/aromatic N) is 4. The zero-order valence-corrected chi connectivity index (χ0v) is 19.1. The van der Waals surface area contributed by atoms with Crippen LogP contribution in [0.2, 0.25) is 0 Å². The Labute approximate surface area is 191 Å². The van der Waals surface area contributed by atoms with E-state index in [1.165, 1.54) is 16.1 Å². The van der Waals surface area contributed by atoms with Gasteiger partial charge in [0.2, 0.25) is 0 Å². The second-order valence-electron chi connectivity index (χ2n) is 7.29. The van der Waals surface area contributed by atoms with Crippen molar-refractivity contribution in [3.05, 3.63) is 55.9 Å². The number of fused-ring (bicyclic) bond motifs is 1. The first-order chi connectivity index (χ1) is 15.1. The molecule has 0 aromatic carbocycles. The van der Waals surface area contributed by atoms with E-state index in [0.717, 1.165) is 36.9 Å². The molecule has 0 saturated heterocycles. The van der Waals surface area contributed by atoms with E-state index in [4.69, 9.17) is 14.6 Å². The predicted octanol–water partition coefficient (Wildman–Crippen LogP) is 4.25. The zero-order valence-electron chi connectivity index (χ0n) is 17.5. The van der Waals surface area contributed by atoms with Gasteiger partial charge in [-0.2, -0.15) is 18.3 Å². The van der Waals surface area contributed by atoms with Crippen molar-refractivity contribution in [3.63, 3.8) is 0 Å². The standard InChI is InChI=1S/C18H22N4OS2.C2HF3O2/c1-13-4-6-24-18(13)10-21-7-16-3-5-19-22(16)9-17(8-21)23-11-15-12-25-14(2)20-15;3-2(4,5)1(6)7/h3-6,12,17H,7-11H2,1-2H3;(H,6,7). The van der Waals surface area contributed by atoms with Crippen LogP contribution in [0.25, 0.3) is 0 Å². The average Bonchev–Trinajstić information content (AvgIpc) is 3.41. The number of alkyl halides is 3. The second kappa shape index (κ2) is 10.6. The Balaban J connectivity index is 0.000000360. The molecule has 0 amide bonds. The number of carboxylic acids is 1. The lowest BCUT2D eigenvalue weighted by Crippen LogP contribution is -2.32. The molecule has 0 bridgehead atoms. The number of aliphatic carboxylic acids is 1. The monoisotopic (exact) mass is 488 g/mol. The molecule has 0 radical (unpaired) electrons. The molecule has 0 aliphatic carbocycles. The minimum Gasteiger partial charge on any atom is -0.475 e. The van der Waals surface area contributed by atoms with Crippen LogP contribution in [0.15, 0.2) is 29.1 Å². The molecule has 7 nitrogen and oxygen atoms in total. The topological polar surface area (TPSA) is 80.5 Å². The van der Waals surface area contributed by atoms with E-state index in [-0.39, 0.29) is 6.10 Å². The molecule has 174 valence electrons. The van der Waals surface area contributed by atoms with Gasteiger partial charge < -0.3 is 9.84 Å². The van der Waals surface area contributed by atoms with Gasteiger partial charge in [-0.3, -0.25) is 9.58 Å². The molecule has 1 aliphatic heterocycles. The van der Waals surface area contributed by atoms with Crippen LogP contribution in [0.3, 0.4) is 0 Å². The number of rotatable bonds is 5. The maximum Gasteiger partial charge on any atom is 0.490 e. The van der Waals surface area contributed by atoms with Gasteiger partial charge in [-0.15, -0.1) is 22.7 Å². The Kier molecular flexibility index (Phi) is 8.04. The lowest BCUT2D eigenvalue weighted by atomic mass is 10.2. The summed E-state index contributed by atoms with van der Waals surface area (Å²) >= 11 is 3.51. The van der Waals surface area contributed by atoms with Gasteiger partial charge in [0, 0.05) is 36.1 Å². The van der Waals surface area contributed by atoms with E-state index in [1.54, 1.807) is 11.3 Å². The molecule has 0 fully saturated rings. The molecule has 4 rings (SSSR count). The Morgan fingerprint density at radius 1 is 1.28 bits per heavy atom. The third-order valence-electron chi connectivity index (χ3n) is 4.74. The summed E-state index contributed by atoms with van der Waals surface area (Å²) in [6, 6.07) is 4.31. The molecule has 3 aromatic heterocycles. The van der Waals surface area contributed by atoms with Crippen LogP contribution < -0.4 is 0 Å². The number of aromatic nitrogens is 3. The average molecular weight is 489 g/mol. The summed E-state index contributed by atoms with van der Waals surface area (Å²) in [5.41, 5.74) is 3.65. The van der Waals surface area contributed by atoms with E-state index < -0.39 is 12.1 Å². The summed E-state index contributed by atoms with van der Waals surface area (Å²) in [6.07, 6.45) is -3.08. The Morgan fingerprint density at radius 2 is 2.03 bits per heavy atom. The molecule has 4 heterocycles. The summed E-state index contributed by atoms with van der Waals surface area (Å²) in [4.78, 5) is 17.3. The maximum absolute atomic E-state index is 10.6. The maximum atomic E-state index is 10.6. The number of thiazole rings is 1. The highest BCUT2D eigenvalue weighted by Crippen LogP contribution is 2.22. The molecule has 0 saturated carbocycles. The fourth-order valence-corrected chi connectivity index (χ4v) is 4.71. The normalized spacial score (nSPS) is 16.7. The van der Waals surface area contributed by atoms with Crippen LogP contribution >= 0.6 is 22.7 Å². The van der Waals surface area contributed by atoms with Gasteiger partial charge >= 0.3 is 12.1 Å². The summed E-state index contributed by atoms with van der Waals surface area (Å²) in [7, 11) is 0. The molecule has 3 aromatic rings. The molecule has 1 atom stereocenters. The minimum absolute atomic E-state index is 0.114. The van der Waals surface area contributed by atoms with Crippen molar-refractivity contribution in [1.82, 2.24) is 19.7 Å². The Hall–Kier alpha value is -2.28. The largest absolute Gasteiger partial charge is 0.490 e. The van der Waals surface area contributed by atoms with Crippen LogP contribution in [0.1, 0.15) is 26.8 Å². The number of carbonyl (C=O) groups is 1. The van der Waals surface area contributed by atoms with Crippen LogP contribution in [-0.4, -0.2) is 49.6 Å². The number of halogens is 3. The fourth-order valence-electron chi connectivity index (χ4n) is 3.16. The van der Waals surface area contributed by atoms with Gasteiger partial charge in [0.05, 0.1) is 35.7 Å². The van der Waals surface area contributed by atoms with Crippen molar-refractivity contribution in [1.29, 1.82) is 0 Å². The quantitative estimate of drug-likeness (QED) is 0.578. The van der Waals surface area contributed by atoms with Gasteiger partial charge in [0.15, 0.2) is 0 Å². The van der Waals surface area contributed by atoms with Gasteiger partial charge in [-0.25, -0.2) is 9.78 Å². The first kappa shape index (κ1) is 24.4. The van der Waals surface area contributed by atoms with E-state index in [2.05, 4.69) is 49.5 Å². The molecule has 12 heteroatoms. The summed E-state index contributed by atoms with van der Waals surface area (Å²) in [5.74, 6) is -2.76. The minimum atomic E-state index is -5.08. The van der Waals surface area contributed by atoms with Gasteiger partial charge in [-0.1, -0.05) is 0 Å². The smallest absolute Gasteiger partial charge is 0.475 e. The molecule has 1 unspecified atom stereocenters. The Bertz CT molecular complexity index is 1030. The van der Waals surface area contributed by atoms with E-state index in [0.29, 0.717) is 6.61 Å². The number of hydrogen-bond donors (Lipinski definition) is 1. The number of carboxylic acid groups (broad SMARTS) is 1.